The third kappa shape index (κ3) is 3.01. The second-order valence-electron chi connectivity index (χ2n) is 7.28. The molecule has 25 heavy (non-hydrogen) atoms. The van der Waals surface area contributed by atoms with Crippen LogP contribution in [0.5, 0.6) is 0 Å². The van der Waals surface area contributed by atoms with Crippen LogP contribution in [0.2, 0.25) is 0 Å². The van der Waals surface area contributed by atoms with E-state index in [4.69, 9.17) is 0 Å². The number of hydrogen-bond acceptors (Lipinski definition) is 2. The second kappa shape index (κ2) is 6.51. The molecule has 2 aliphatic rings. The summed E-state index contributed by atoms with van der Waals surface area (Å²) in [6.07, 6.45) is 4.99. The molecule has 1 aliphatic heterocycles. The molecular weight excluding hydrogens is 312 g/mol. The smallest absolute Gasteiger partial charge is 0.261 e. The molecule has 4 nitrogen and oxygen atoms in total. The molecule has 1 N–H and O–H groups in total. The maximum atomic E-state index is 13.0. The van der Waals surface area contributed by atoms with E-state index in [1.165, 1.54) is 11.1 Å². The maximum absolute atomic E-state index is 13.0. The molecule has 1 amide bonds. The van der Waals surface area contributed by atoms with Gasteiger partial charge in [0.05, 0.1) is 0 Å². The molecule has 2 heterocycles. The summed E-state index contributed by atoms with van der Waals surface area (Å²) in [5.74, 6) is 0.514. The van der Waals surface area contributed by atoms with E-state index in [0.29, 0.717) is 24.6 Å². The maximum Gasteiger partial charge on any atom is 0.261 e. The molecule has 1 unspecified atom stereocenters. The van der Waals surface area contributed by atoms with Gasteiger partial charge in [0.2, 0.25) is 0 Å². The minimum Gasteiger partial charge on any atom is -0.334 e. The van der Waals surface area contributed by atoms with Crippen LogP contribution in [0.3, 0.4) is 0 Å². The van der Waals surface area contributed by atoms with Crippen LogP contribution >= 0.6 is 0 Å². The lowest BCUT2D eigenvalue weighted by atomic mass is 9.84. The predicted octanol–water partition coefficient (Wildman–Crippen LogP) is 3.09. The molecular formula is C21H24N2O2. The number of H-pyrrole nitrogens is 1. The summed E-state index contributed by atoms with van der Waals surface area (Å²) in [5, 5.41) is 0. The monoisotopic (exact) mass is 336 g/mol. The number of aromatic nitrogens is 1. The Kier molecular flexibility index (Phi) is 4.20. The molecule has 1 aromatic heterocycles. The highest BCUT2D eigenvalue weighted by Crippen LogP contribution is 2.26. The van der Waals surface area contributed by atoms with Crippen molar-refractivity contribution in [3.63, 3.8) is 0 Å². The second-order valence-corrected chi connectivity index (χ2v) is 7.28. The number of nitrogens with zero attached hydrogens (tertiary/aromatic N) is 1. The normalized spacial score (nSPS) is 19.2. The van der Waals surface area contributed by atoms with Crippen molar-refractivity contribution < 1.29 is 4.79 Å². The van der Waals surface area contributed by atoms with Crippen molar-refractivity contribution >= 4 is 5.91 Å². The van der Waals surface area contributed by atoms with Gasteiger partial charge in [0.1, 0.15) is 5.56 Å². The topological polar surface area (TPSA) is 53.2 Å². The van der Waals surface area contributed by atoms with E-state index >= 15 is 0 Å². The first kappa shape index (κ1) is 16.1. The van der Waals surface area contributed by atoms with Crippen molar-refractivity contribution in [3.8, 4) is 0 Å². The number of aryl methyl sites for hydroxylation is 1. The van der Waals surface area contributed by atoms with Crippen molar-refractivity contribution in [3.05, 3.63) is 68.6 Å². The quantitative estimate of drug-likeness (QED) is 0.916. The Morgan fingerprint density at radius 1 is 1.20 bits per heavy atom. The molecule has 130 valence electrons. The Balaban J connectivity index is 1.62. The van der Waals surface area contributed by atoms with Crippen molar-refractivity contribution in [2.24, 2.45) is 5.92 Å². The van der Waals surface area contributed by atoms with Gasteiger partial charge < -0.3 is 9.88 Å². The van der Waals surface area contributed by atoms with E-state index in [2.05, 4.69) is 24.0 Å². The Hall–Kier alpha value is -2.36. The van der Waals surface area contributed by atoms with Crippen molar-refractivity contribution in [1.82, 2.24) is 9.88 Å². The average Bonchev–Trinajstić information content (AvgIpc) is 2.66. The van der Waals surface area contributed by atoms with Gasteiger partial charge in [-0.3, -0.25) is 9.59 Å². The average molecular weight is 336 g/mol. The molecule has 1 atom stereocenters. The summed E-state index contributed by atoms with van der Waals surface area (Å²) < 4.78 is 0. The summed E-state index contributed by atoms with van der Waals surface area (Å²) in [6.45, 7) is 3.46. The van der Waals surface area contributed by atoms with E-state index in [0.717, 1.165) is 43.4 Å². The van der Waals surface area contributed by atoms with E-state index in [1.54, 1.807) is 4.90 Å². The fraction of sp³-hybridized carbons (Fsp3) is 0.429. The number of rotatable bonds is 2. The molecule has 0 saturated heterocycles. The summed E-state index contributed by atoms with van der Waals surface area (Å²) in [6, 6.07) is 10.1. The van der Waals surface area contributed by atoms with Crippen molar-refractivity contribution in [2.45, 2.75) is 45.6 Å². The molecule has 4 heteroatoms. The molecule has 1 aromatic carbocycles. The number of amides is 1. The van der Waals surface area contributed by atoms with E-state index in [1.807, 2.05) is 18.2 Å². The van der Waals surface area contributed by atoms with E-state index < -0.39 is 0 Å². The lowest BCUT2D eigenvalue weighted by molar-refractivity contribution is 0.0732. The molecule has 1 aliphatic carbocycles. The SMILES string of the molecule is CCC1CCc2[nH]c(=O)c(C(=O)N3CCc4ccccc4C3)cc2C1. The number of nitrogens with one attached hydrogen (secondary N) is 1. The predicted molar refractivity (Wildman–Crippen MR) is 97.8 cm³/mol. The van der Waals surface area contributed by atoms with E-state index in [-0.39, 0.29) is 11.5 Å². The lowest BCUT2D eigenvalue weighted by Crippen LogP contribution is -2.39. The molecule has 0 radical (unpaired) electrons. The highest BCUT2D eigenvalue weighted by Gasteiger charge is 2.26. The van der Waals surface area contributed by atoms with Crippen LogP contribution in [0.4, 0.5) is 0 Å². The van der Waals surface area contributed by atoms with Gasteiger partial charge in [-0.05, 0) is 54.4 Å². The Bertz CT molecular complexity index is 868. The highest BCUT2D eigenvalue weighted by molar-refractivity contribution is 5.94. The summed E-state index contributed by atoms with van der Waals surface area (Å²) in [4.78, 5) is 30.2. The Labute approximate surface area is 147 Å². The van der Waals surface area contributed by atoms with Gasteiger partial charge in [0.25, 0.3) is 11.5 Å². The number of pyridine rings is 1. The number of fused-ring (bicyclic) bond motifs is 2. The van der Waals surface area contributed by atoms with Crippen LogP contribution in [-0.2, 0) is 25.8 Å². The highest BCUT2D eigenvalue weighted by atomic mass is 16.2. The van der Waals surface area contributed by atoms with Gasteiger partial charge >= 0.3 is 0 Å². The van der Waals surface area contributed by atoms with Crippen LogP contribution in [0.1, 0.15) is 52.5 Å². The minimum atomic E-state index is -0.238. The first-order chi connectivity index (χ1) is 12.2. The van der Waals surface area contributed by atoms with Crippen molar-refractivity contribution in [1.29, 1.82) is 0 Å². The van der Waals surface area contributed by atoms with E-state index in [9.17, 15) is 9.59 Å². The molecule has 0 spiro atoms. The van der Waals surface area contributed by atoms with Gasteiger partial charge in [-0.1, -0.05) is 37.6 Å². The Morgan fingerprint density at radius 2 is 2.00 bits per heavy atom. The van der Waals surface area contributed by atoms with Gasteiger partial charge in [0, 0.05) is 18.8 Å². The molecule has 2 aromatic rings. The summed E-state index contributed by atoms with van der Waals surface area (Å²) in [5.41, 5.74) is 4.72. The first-order valence-electron chi connectivity index (χ1n) is 9.27. The zero-order valence-electron chi connectivity index (χ0n) is 14.7. The first-order valence-corrected chi connectivity index (χ1v) is 9.27. The zero-order valence-corrected chi connectivity index (χ0v) is 14.7. The van der Waals surface area contributed by atoms with Crippen LogP contribution < -0.4 is 5.56 Å². The van der Waals surface area contributed by atoms with Gasteiger partial charge in [-0.15, -0.1) is 0 Å². The largest absolute Gasteiger partial charge is 0.334 e. The summed E-state index contributed by atoms with van der Waals surface area (Å²) in [7, 11) is 0. The third-order valence-electron chi connectivity index (χ3n) is 5.75. The summed E-state index contributed by atoms with van der Waals surface area (Å²) >= 11 is 0. The van der Waals surface area contributed by atoms with Gasteiger partial charge in [-0.25, -0.2) is 0 Å². The number of hydrogen-bond donors (Lipinski definition) is 1. The van der Waals surface area contributed by atoms with Crippen LogP contribution in [0, 0.1) is 5.92 Å². The van der Waals surface area contributed by atoms with Gasteiger partial charge in [-0.2, -0.15) is 0 Å². The number of benzene rings is 1. The van der Waals surface area contributed by atoms with Crippen LogP contribution in [-0.4, -0.2) is 22.3 Å². The molecule has 4 rings (SSSR count). The number of aromatic amines is 1. The fourth-order valence-electron chi connectivity index (χ4n) is 4.13. The minimum absolute atomic E-state index is 0.142. The van der Waals surface area contributed by atoms with Crippen molar-refractivity contribution in [2.75, 3.05) is 6.54 Å². The molecule has 0 fully saturated rings. The van der Waals surface area contributed by atoms with Gasteiger partial charge in [0.15, 0.2) is 0 Å². The van der Waals surface area contributed by atoms with Crippen LogP contribution in [0.25, 0.3) is 0 Å². The number of carbonyl (C=O) groups is 1. The zero-order chi connectivity index (χ0) is 17.4. The number of carbonyl (C=O) groups excluding carboxylic acids is 1. The fourth-order valence-corrected chi connectivity index (χ4v) is 4.13. The lowest BCUT2D eigenvalue weighted by Gasteiger charge is -2.29. The Morgan fingerprint density at radius 3 is 2.80 bits per heavy atom. The molecule has 0 bridgehead atoms. The third-order valence-corrected chi connectivity index (χ3v) is 5.75. The molecule has 0 saturated carbocycles. The standard InChI is InChI=1S/C21H24N2O2/c1-2-14-7-8-19-17(11-14)12-18(20(24)22-19)21(25)23-10-9-15-5-3-4-6-16(15)13-23/h3-6,12,14H,2,7-11,13H2,1H3,(H,22,24). The van der Waals surface area contributed by atoms with Crippen LogP contribution in [0.15, 0.2) is 35.1 Å².